The lowest BCUT2D eigenvalue weighted by Crippen LogP contribution is -1.99. The van der Waals surface area contributed by atoms with Gasteiger partial charge in [0.25, 0.3) is 0 Å². The molecule has 3 N–H and O–H groups in total. The second-order valence-electron chi connectivity index (χ2n) is 1.64. The van der Waals surface area contributed by atoms with E-state index < -0.39 is 5.97 Å². The fourth-order valence-electron chi connectivity index (χ4n) is 0.503. The van der Waals surface area contributed by atoms with Crippen molar-refractivity contribution in [3.8, 4) is 0 Å². The van der Waals surface area contributed by atoms with Crippen molar-refractivity contribution in [1.82, 2.24) is 4.98 Å². The molecule has 0 saturated heterocycles. The van der Waals surface area contributed by atoms with Gasteiger partial charge in [0.15, 0.2) is 5.69 Å². The molecule has 0 fully saturated rings. The number of rotatable bonds is 2. The SMILES string of the molecule is NCc1nc(C(=O)O)co1. The molecule has 0 aliphatic heterocycles. The third-order valence-electron chi connectivity index (χ3n) is 0.945. The second-order valence-corrected chi connectivity index (χ2v) is 1.64. The summed E-state index contributed by atoms with van der Waals surface area (Å²) in [5.41, 5.74) is 5.00. The van der Waals surface area contributed by atoms with Gasteiger partial charge < -0.3 is 15.3 Å². The number of nitrogens with zero attached hydrogens (tertiary/aromatic N) is 1. The molecule has 1 rings (SSSR count). The molecule has 54 valence electrons. The van der Waals surface area contributed by atoms with Crippen LogP contribution in [0, 0.1) is 0 Å². The van der Waals surface area contributed by atoms with E-state index in [9.17, 15) is 4.79 Å². The fraction of sp³-hybridized carbons (Fsp3) is 0.200. The van der Waals surface area contributed by atoms with Crippen LogP contribution in [-0.2, 0) is 6.54 Å². The summed E-state index contributed by atoms with van der Waals surface area (Å²) in [4.78, 5) is 13.7. The Labute approximate surface area is 56.5 Å². The predicted molar refractivity (Wildman–Crippen MR) is 31.4 cm³/mol. The first-order valence-corrected chi connectivity index (χ1v) is 2.62. The average molecular weight is 142 g/mol. The van der Waals surface area contributed by atoms with Crippen molar-refractivity contribution in [2.75, 3.05) is 0 Å². The van der Waals surface area contributed by atoms with Crippen molar-refractivity contribution in [2.24, 2.45) is 5.73 Å². The lowest BCUT2D eigenvalue weighted by molar-refractivity contribution is 0.0690. The van der Waals surface area contributed by atoms with E-state index >= 15 is 0 Å². The van der Waals surface area contributed by atoms with Gasteiger partial charge in [-0.2, -0.15) is 0 Å². The van der Waals surface area contributed by atoms with Crippen LogP contribution in [0.5, 0.6) is 0 Å². The number of carbonyl (C=O) groups is 1. The minimum atomic E-state index is -1.11. The Kier molecular flexibility index (Phi) is 1.68. The topological polar surface area (TPSA) is 89.3 Å². The summed E-state index contributed by atoms with van der Waals surface area (Å²) in [6, 6.07) is 0. The second kappa shape index (κ2) is 2.49. The first-order valence-electron chi connectivity index (χ1n) is 2.62. The van der Waals surface area contributed by atoms with E-state index in [0.717, 1.165) is 6.26 Å². The van der Waals surface area contributed by atoms with Crippen LogP contribution >= 0.6 is 0 Å². The van der Waals surface area contributed by atoms with Crippen molar-refractivity contribution < 1.29 is 14.3 Å². The van der Waals surface area contributed by atoms with Gasteiger partial charge in [0, 0.05) is 0 Å². The molecule has 0 spiro atoms. The molecule has 0 saturated carbocycles. The summed E-state index contributed by atoms with van der Waals surface area (Å²) in [7, 11) is 0. The normalized spacial score (nSPS) is 9.70. The number of hydrogen-bond acceptors (Lipinski definition) is 4. The molecule has 5 nitrogen and oxygen atoms in total. The fourth-order valence-corrected chi connectivity index (χ4v) is 0.503. The van der Waals surface area contributed by atoms with E-state index in [1.54, 1.807) is 0 Å². The van der Waals surface area contributed by atoms with E-state index in [4.69, 9.17) is 10.8 Å². The molecule has 0 aliphatic carbocycles. The number of aromatic nitrogens is 1. The van der Waals surface area contributed by atoms with Crippen LogP contribution in [0.2, 0.25) is 0 Å². The highest BCUT2D eigenvalue weighted by Gasteiger charge is 2.07. The molecule has 0 bridgehead atoms. The summed E-state index contributed by atoms with van der Waals surface area (Å²) >= 11 is 0. The van der Waals surface area contributed by atoms with Gasteiger partial charge in [-0.05, 0) is 0 Å². The van der Waals surface area contributed by atoms with Gasteiger partial charge in [0.05, 0.1) is 6.54 Å². The zero-order valence-corrected chi connectivity index (χ0v) is 5.07. The molecular formula is C5H6N2O3. The molecule has 0 amide bonds. The van der Waals surface area contributed by atoms with Gasteiger partial charge in [-0.3, -0.25) is 0 Å². The van der Waals surface area contributed by atoms with Gasteiger partial charge in [-0.25, -0.2) is 9.78 Å². The quantitative estimate of drug-likeness (QED) is 0.598. The Morgan fingerprint density at radius 3 is 2.90 bits per heavy atom. The summed E-state index contributed by atoms with van der Waals surface area (Å²) in [6.45, 7) is 0.118. The lowest BCUT2D eigenvalue weighted by Gasteiger charge is -1.80. The Morgan fingerprint density at radius 2 is 2.60 bits per heavy atom. The first-order chi connectivity index (χ1) is 4.74. The molecule has 0 aliphatic rings. The number of carboxylic acids is 1. The molecule has 0 aromatic carbocycles. The largest absolute Gasteiger partial charge is 0.476 e. The molecule has 1 heterocycles. The van der Waals surface area contributed by atoms with E-state index in [0.29, 0.717) is 0 Å². The molecule has 0 atom stereocenters. The zero-order valence-electron chi connectivity index (χ0n) is 5.07. The number of carboxylic acid groups (broad SMARTS) is 1. The van der Waals surface area contributed by atoms with E-state index in [1.165, 1.54) is 0 Å². The van der Waals surface area contributed by atoms with Crippen LogP contribution in [0.4, 0.5) is 0 Å². The molecular weight excluding hydrogens is 136 g/mol. The maximum absolute atomic E-state index is 10.2. The van der Waals surface area contributed by atoms with Crippen molar-refractivity contribution in [1.29, 1.82) is 0 Å². The molecule has 0 radical (unpaired) electrons. The molecule has 10 heavy (non-hydrogen) atoms. The van der Waals surface area contributed by atoms with Crippen LogP contribution in [0.15, 0.2) is 10.7 Å². The monoisotopic (exact) mass is 142 g/mol. The maximum atomic E-state index is 10.2. The van der Waals surface area contributed by atoms with Crippen LogP contribution in [0.1, 0.15) is 16.4 Å². The standard InChI is InChI=1S/C5H6N2O3/c6-1-4-7-3(2-10-4)5(8)9/h2H,1,6H2,(H,8,9). The molecule has 5 heteroatoms. The van der Waals surface area contributed by atoms with Crippen LogP contribution in [-0.4, -0.2) is 16.1 Å². The van der Waals surface area contributed by atoms with E-state index in [1.807, 2.05) is 0 Å². The summed E-state index contributed by atoms with van der Waals surface area (Å²) < 4.78 is 4.66. The van der Waals surface area contributed by atoms with Gasteiger partial charge in [-0.15, -0.1) is 0 Å². The third-order valence-corrected chi connectivity index (χ3v) is 0.945. The van der Waals surface area contributed by atoms with Crippen molar-refractivity contribution >= 4 is 5.97 Å². The summed E-state index contributed by atoms with van der Waals surface area (Å²) in [6.07, 6.45) is 1.06. The van der Waals surface area contributed by atoms with Gasteiger partial charge in [0.1, 0.15) is 6.26 Å². The summed E-state index contributed by atoms with van der Waals surface area (Å²) in [5.74, 6) is -0.874. The van der Waals surface area contributed by atoms with Crippen molar-refractivity contribution in [3.05, 3.63) is 17.8 Å². The molecule has 0 unspecified atom stereocenters. The summed E-state index contributed by atoms with van der Waals surface area (Å²) in [5, 5.41) is 8.33. The highest BCUT2D eigenvalue weighted by molar-refractivity contribution is 5.84. The Hall–Kier alpha value is -1.36. The smallest absolute Gasteiger partial charge is 0.357 e. The van der Waals surface area contributed by atoms with E-state index in [2.05, 4.69) is 9.40 Å². The Morgan fingerprint density at radius 1 is 1.90 bits per heavy atom. The Balaban J connectivity index is 2.88. The molecule has 1 aromatic rings. The first kappa shape index (κ1) is 6.76. The highest BCUT2D eigenvalue weighted by Crippen LogP contribution is 1.99. The molecule has 1 aromatic heterocycles. The minimum Gasteiger partial charge on any atom is -0.476 e. The van der Waals surface area contributed by atoms with Crippen molar-refractivity contribution in [2.45, 2.75) is 6.54 Å². The third kappa shape index (κ3) is 1.14. The van der Waals surface area contributed by atoms with Crippen molar-refractivity contribution in [3.63, 3.8) is 0 Å². The van der Waals surface area contributed by atoms with Gasteiger partial charge >= 0.3 is 5.97 Å². The number of nitrogens with two attached hydrogens (primary N) is 1. The zero-order chi connectivity index (χ0) is 7.56. The highest BCUT2D eigenvalue weighted by atomic mass is 16.4. The van der Waals surface area contributed by atoms with E-state index in [-0.39, 0.29) is 18.1 Å². The predicted octanol–water partition coefficient (Wildman–Crippen LogP) is -0.169. The van der Waals surface area contributed by atoms with Crippen LogP contribution in [0.3, 0.4) is 0 Å². The van der Waals surface area contributed by atoms with Gasteiger partial charge in [-0.1, -0.05) is 0 Å². The maximum Gasteiger partial charge on any atom is 0.357 e. The Bertz CT molecular complexity index is 243. The van der Waals surface area contributed by atoms with Gasteiger partial charge in [0.2, 0.25) is 5.89 Å². The number of aromatic carboxylic acids is 1. The minimum absolute atomic E-state index is 0.111. The number of hydrogen-bond donors (Lipinski definition) is 2. The average Bonchev–Trinajstić information content (AvgIpc) is 2.34. The number of oxazole rings is 1. The van der Waals surface area contributed by atoms with Crippen LogP contribution in [0.25, 0.3) is 0 Å². The lowest BCUT2D eigenvalue weighted by atomic mass is 10.5. The van der Waals surface area contributed by atoms with Crippen LogP contribution < -0.4 is 5.73 Å².